The van der Waals surface area contributed by atoms with Crippen LogP contribution in [0.4, 0.5) is 5.82 Å². The lowest BCUT2D eigenvalue weighted by Crippen LogP contribution is -2.19. The molecule has 2 aromatic carbocycles. The number of Topliss-reactive ketones (excluding diaryl/α,β-unsaturated/α-hetero) is 1. The molecule has 0 aliphatic rings. The van der Waals surface area contributed by atoms with E-state index < -0.39 is 0 Å². The number of nitrogen functional groups attached to an aromatic ring is 1. The molecule has 0 fully saturated rings. The summed E-state index contributed by atoms with van der Waals surface area (Å²) in [7, 11) is 0. The second kappa shape index (κ2) is 8.18. The molecular weight excluding hydrogens is 358 g/mol. The number of thioether (sulfide) groups is 1. The van der Waals surface area contributed by atoms with E-state index in [9.17, 15) is 9.59 Å². The van der Waals surface area contributed by atoms with E-state index in [2.05, 4.69) is 9.97 Å². The van der Waals surface area contributed by atoms with Gasteiger partial charge in [0.05, 0.1) is 5.25 Å². The molecule has 5 nitrogen and oxygen atoms in total. The summed E-state index contributed by atoms with van der Waals surface area (Å²) in [6.07, 6.45) is 0.616. The van der Waals surface area contributed by atoms with Crippen LogP contribution >= 0.6 is 24.2 Å². The molecule has 1 atom stereocenters. The Bertz CT molecular complexity index is 953. The molecule has 3 aromatic rings. The standard InChI is InChI=1S/C18H17N3O2S.ClH/c1-2-14(24-18-20-15(19)10-16(22)21-18)17(23)13-9-5-7-11-6-3-4-8-12(11)13;/h3-10,14H,2H2,1H3,(H3,19,20,21,22);1H. The molecule has 3 rings (SSSR count). The van der Waals surface area contributed by atoms with Gasteiger partial charge in [-0.05, 0) is 17.2 Å². The summed E-state index contributed by atoms with van der Waals surface area (Å²) >= 11 is 1.23. The van der Waals surface area contributed by atoms with Crippen molar-refractivity contribution in [2.45, 2.75) is 23.8 Å². The van der Waals surface area contributed by atoms with Gasteiger partial charge in [0.25, 0.3) is 5.56 Å². The van der Waals surface area contributed by atoms with Gasteiger partial charge < -0.3 is 10.7 Å². The number of H-pyrrole nitrogens is 1. The van der Waals surface area contributed by atoms with Crippen LogP contribution in [0.25, 0.3) is 10.8 Å². The molecule has 7 heteroatoms. The van der Waals surface area contributed by atoms with Crippen LogP contribution in [0.1, 0.15) is 23.7 Å². The predicted molar refractivity (Wildman–Crippen MR) is 105 cm³/mol. The fourth-order valence-corrected chi connectivity index (χ4v) is 3.57. The summed E-state index contributed by atoms with van der Waals surface area (Å²) in [5, 5.41) is 1.97. The van der Waals surface area contributed by atoms with E-state index in [0.717, 1.165) is 10.8 Å². The van der Waals surface area contributed by atoms with Gasteiger partial charge in [-0.2, -0.15) is 0 Å². The first-order valence-corrected chi connectivity index (χ1v) is 8.52. The Labute approximate surface area is 155 Å². The number of aromatic amines is 1. The van der Waals surface area contributed by atoms with E-state index in [1.165, 1.54) is 17.8 Å². The van der Waals surface area contributed by atoms with Crippen molar-refractivity contribution < 1.29 is 4.79 Å². The SMILES string of the molecule is CCC(Sc1nc(N)cc(=O)[nH]1)C(=O)c1cccc2ccccc12.Cl. The lowest BCUT2D eigenvalue weighted by molar-refractivity contribution is 0.0989. The number of fused-ring (bicyclic) bond motifs is 1. The molecule has 0 saturated carbocycles. The van der Waals surface area contributed by atoms with Crippen LogP contribution in [0.15, 0.2) is 58.5 Å². The Kier molecular flexibility index (Phi) is 6.22. The molecule has 1 heterocycles. The normalized spacial score (nSPS) is 11.7. The van der Waals surface area contributed by atoms with Gasteiger partial charge in [-0.1, -0.05) is 61.2 Å². The van der Waals surface area contributed by atoms with Crippen molar-refractivity contribution in [2.75, 3.05) is 5.73 Å². The Morgan fingerprint density at radius 1 is 1.24 bits per heavy atom. The van der Waals surface area contributed by atoms with E-state index in [1.807, 2.05) is 49.4 Å². The minimum atomic E-state index is -0.347. The Morgan fingerprint density at radius 2 is 1.96 bits per heavy atom. The summed E-state index contributed by atoms with van der Waals surface area (Å²) in [6, 6.07) is 14.7. The number of ketones is 1. The number of anilines is 1. The van der Waals surface area contributed by atoms with Crippen molar-refractivity contribution >= 4 is 46.5 Å². The van der Waals surface area contributed by atoms with Crippen molar-refractivity contribution in [2.24, 2.45) is 0 Å². The second-order valence-electron chi connectivity index (χ2n) is 5.38. The minimum Gasteiger partial charge on any atom is -0.383 e. The Morgan fingerprint density at radius 3 is 2.68 bits per heavy atom. The molecule has 1 unspecified atom stereocenters. The van der Waals surface area contributed by atoms with Gasteiger partial charge in [-0.25, -0.2) is 4.98 Å². The number of nitrogens with one attached hydrogen (secondary N) is 1. The largest absolute Gasteiger partial charge is 0.383 e. The topological polar surface area (TPSA) is 88.8 Å². The average Bonchev–Trinajstić information content (AvgIpc) is 2.57. The van der Waals surface area contributed by atoms with Gasteiger partial charge in [0.15, 0.2) is 10.9 Å². The maximum atomic E-state index is 13.0. The maximum absolute atomic E-state index is 13.0. The minimum absolute atomic E-state index is 0. The smallest absolute Gasteiger partial charge is 0.253 e. The number of nitrogens with two attached hydrogens (primary N) is 1. The number of halogens is 1. The van der Waals surface area contributed by atoms with Crippen LogP contribution in [0.2, 0.25) is 0 Å². The van der Waals surface area contributed by atoms with Crippen LogP contribution in [0, 0.1) is 0 Å². The Balaban J connectivity index is 0.00000225. The van der Waals surface area contributed by atoms with Gasteiger partial charge in [-0.3, -0.25) is 9.59 Å². The van der Waals surface area contributed by atoms with Gasteiger partial charge in [0.1, 0.15) is 5.82 Å². The highest BCUT2D eigenvalue weighted by molar-refractivity contribution is 8.00. The highest BCUT2D eigenvalue weighted by Gasteiger charge is 2.22. The van der Waals surface area contributed by atoms with Gasteiger partial charge >= 0.3 is 0 Å². The first-order valence-electron chi connectivity index (χ1n) is 7.64. The average molecular weight is 376 g/mol. The van der Waals surface area contributed by atoms with Crippen LogP contribution in [0.5, 0.6) is 0 Å². The fourth-order valence-electron chi connectivity index (χ4n) is 2.58. The molecule has 25 heavy (non-hydrogen) atoms. The molecule has 0 amide bonds. The number of carbonyl (C=O) groups is 1. The molecule has 0 radical (unpaired) electrons. The molecular formula is C18H18ClN3O2S. The van der Waals surface area contributed by atoms with Crippen molar-refractivity contribution in [3.8, 4) is 0 Å². The van der Waals surface area contributed by atoms with Gasteiger partial charge in [0.2, 0.25) is 0 Å². The summed E-state index contributed by atoms with van der Waals surface area (Å²) in [5.74, 6) is 0.165. The van der Waals surface area contributed by atoms with Gasteiger partial charge in [0, 0.05) is 11.6 Å². The number of carbonyl (C=O) groups excluding carboxylic acids is 1. The number of rotatable bonds is 5. The molecule has 0 saturated heterocycles. The summed E-state index contributed by atoms with van der Waals surface area (Å²) in [6.45, 7) is 1.94. The van der Waals surface area contributed by atoms with Gasteiger partial charge in [-0.15, -0.1) is 12.4 Å². The number of nitrogens with zero attached hydrogens (tertiary/aromatic N) is 1. The number of hydrogen-bond donors (Lipinski definition) is 2. The first kappa shape index (κ1) is 19.0. The van der Waals surface area contributed by atoms with E-state index in [1.54, 1.807) is 0 Å². The highest BCUT2D eigenvalue weighted by Crippen LogP contribution is 2.28. The zero-order chi connectivity index (χ0) is 17.1. The van der Waals surface area contributed by atoms with Crippen LogP contribution < -0.4 is 11.3 Å². The van der Waals surface area contributed by atoms with Crippen LogP contribution in [0.3, 0.4) is 0 Å². The highest BCUT2D eigenvalue weighted by atomic mass is 35.5. The molecule has 3 N–H and O–H groups in total. The molecule has 0 bridgehead atoms. The monoisotopic (exact) mass is 375 g/mol. The van der Waals surface area contributed by atoms with Crippen molar-refractivity contribution in [1.82, 2.24) is 9.97 Å². The van der Waals surface area contributed by atoms with Crippen molar-refractivity contribution in [3.05, 3.63) is 64.4 Å². The third kappa shape index (κ3) is 4.21. The summed E-state index contributed by atoms with van der Waals surface area (Å²) in [5.41, 5.74) is 5.97. The third-order valence-corrected chi connectivity index (χ3v) is 4.96. The zero-order valence-corrected chi connectivity index (χ0v) is 15.2. The van der Waals surface area contributed by atoms with E-state index in [4.69, 9.17) is 5.73 Å². The van der Waals surface area contributed by atoms with Crippen LogP contribution in [-0.4, -0.2) is 21.0 Å². The molecule has 1 aromatic heterocycles. The Hall–Kier alpha value is -2.31. The molecule has 130 valence electrons. The summed E-state index contributed by atoms with van der Waals surface area (Å²) in [4.78, 5) is 31.2. The van der Waals surface area contributed by atoms with Crippen molar-refractivity contribution in [1.29, 1.82) is 0 Å². The quantitative estimate of drug-likeness (QED) is 0.403. The fraction of sp³-hybridized carbons (Fsp3) is 0.167. The molecule has 0 aliphatic carbocycles. The lowest BCUT2D eigenvalue weighted by Gasteiger charge is -2.14. The predicted octanol–water partition coefficient (Wildman–Crippen LogP) is 3.68. The molecule has 0 aliphatic heterocycles. The molecule has 0 spiro atoms. The third-order valence-electron chi connectivity index (χ3n) is 3.71. The lowest BCUT2D eigenvalue weighted by atomic mass is 9.99. The first-order chi connectivity index (χ1) is 11.6. The van der Waals surface area contributed by atoms with E-state index in [-0.39, 0.29) is 34.8 Å². The van der Waals surface area contributed by atoms with Crippen molar-refractivity contribution in [3.63, 3.8) is 0 Å². The maximum Gasteiger partial charge on any atom is 0.253 e. The number of aromatic nitrogens is 2. The number of benzene rings is 2. The zero-order valence-electron chi connectivity index (χ0n) is 13.6. The van der Waals surface area contributed by atoms with Crippen LogP contribution in [-0.2, 0) is 0 Å². The van der Waals surface area contributed by atoms with E-state index >= 15 is 0 Å². The van der Waals surface area contributed by atoms with E-state index in [0.29, 0.717) is 17.1 Å². The second-order valence-corrected chi connectivity index (χ2v) is 6.57. The number of hydrogen-bond acceptors (Lipinski definition) is 5. The summed E-state index contributed by atoms with van der Waals surface area (Å²) < 4.78 is 0.